The van der Waals surface area contributed by atoms with Crippen LogP contribution in [0.25, 0.3) is 17.0 Å². The number of hydrogen-bond acceptors (Lipinski definition) is 1. The molecule has 0 unspecified atom stereocenters. The summed E-state index contributed by atoms with van der Waals surface area (Å²) in [5, 5.41) is 1.48. The number of halogens is 1. The maximum Gasteiger partial charge on any atom is 0.241 e. The Morgan fingerprint density at radius 2 is 2.13 bits per heavy atom. The summed E-state index contributed by atoms with van der Waals surface area (Å²) in [6.45, 7) is 0. The van der Waals surface area contributed by atoms with Gasteiger partial charge < -0.3 is 10.7 Å². The number of amides is 1. The van der Waals surface area contributed by atoms with E-state index in [9.17, 15) is 4.79 Å². The van der Waals surface area contributed by atoms with E-state index >= 15 is 0 Å². The maximum absolute atomic E-state index is 10.6. The molecule has 0 aliphatic rings. The maximum atomic E-state index is 10.6. The number of H-pyrrole nitrogens is 1. The van der Waals surface area contributed by atoms with Crippen molar-refractivity contribution in [3.05, 3.63) is 41.1 Å². The second-order valence-corrected chi connectivity index (χ2v) is 3.51. The van der Waals surface area contributed by atoms with Gasteiger partial charge in [-0.25, -0.2) is 0 Å². The minimum absolute atomic E-state index is 0.489. The number of carbonyl (C=O) groups is 1. The zero-order chi connectivity index (χ0) is 10.8. The Hall–Kier alpha value is -1.74. The standard InChI is InChI=1S/C11H9ClN2O/c12-11-8(5-6-10(13)15)7-3-1-2-4-9(7)14-11/h1-6,14H,(H2,13,15)/b6-5+. The van der Waals surface area contributed by atoms with Gasteiger partial charge in [-0.2, -0.15) is 0 Å². The lowest BCUT2D eigenvalue weighted by Gasteiger charge is -1.90. The Morgan fingerprint density at radius 1 is 1.40 bits per heavy atom. The van der Waals surface area contributed by atoms with Gasteiger partial charge in [0, 0.05) is 22.5 Å². The van der Waals surface area contributed by atoms with Crippen LogP contribution < -0.4 is 5.73 Å². The summed E-state index contributed by atoms with van der Waals surface area (Å²) < 4.78 is 0. The van der Waals surface area contributed by atoms with Gasteiger partial charge in [-0.15, -0.1) is 0 Å². The van der Waals surface area contributed by atoms with E-state index in [1.807, 2.05) is 24.3 Å². The summed E-state index contributed by atoms with van der Waals surface area (Å²) in [4.78, 5) is 13.6. The lowest BCUT2D eigenvalue weighted by Crippen LogP contribution is -2.05. The molecule has 1 amide bonds. The molecule has 0 saturated heterocycles. The molecule has 4 heteroatoms. The highest BCUT2D eigenvalue weighted by atomic mass is 35.5. The molecule has 15 heavy (non-hydrogen) atoms. The molecule has 3 N–H and O–H groups in total. The van der Waals surface area contributed by atoms with Crippen molar-refractivity contribution in [2.45, 2.75) is 0 Å². The number of nitrogens with two attached hydrogens (primary N) is 1. The number of rotatable bonds is 2. The van der Waals surface area contributed by atoms with Crippen LogP contribution in [0.3, 0.4) is 0 Å². The number of carbonyl (C=O) groups excluding carboxylic acids is 1. The summed E-state index contributed by atoms with van der Waals surface area (Å²) >= 11 is 5.99. The number of hydrogen-bond donors (Lipinski definition) is 2. The molecule has 0 fully saturated rings. The third-order valence-electron chi connectivity index (χ3n) is 2.11. The zero-order valence-corrected chi connectivity index (χ0v) is 8.58. The molecule has 1 aromatic carbocycles. The second kappa shape index (κ2) is 3.79. The Bertz CT molecular complexity index is 543. The first kappa shape index (κ1) is 9.80. The van der Waals surface area contributed by atoms with Crippen LogP contribution in [0.5, 0.6) is 0 Å². The predicted octanol–water partition coefficient (Wildman–Crippen LogP) is 2.32. The first-order chi connectivity index (χ1) is 7.18. The van der Waals surface area contributed by atoms with Crippen LogP contribution in [0.2, 0.25) is 5.15 Å². The third-order valence-corrected chi connectivity index (χ3v) is 2.41. The lowest BCUT2D eigenvalue weighted by atomic mass is 10.1. The van der Waals surface area contributed by atoms with Crippen LogP contribution in [0, 0.1) is 0 Å². The normalized spacial score (nSPS) is 11.3. The van der Waals surface area contributed by atoms with Crippen LogP contribution in [0.4, 0.5) is 0 Å². The Morgan fingerprint density at radius 3 is 2.87 bits per heavy atom. The van der Waals surface area contributed by atoms with Crippen molar-refractivity contribution in [1.29, 1.82) is 0 Å². The number of aromatic amines is 1. The van der Waals surface area contributed by atoms with E-state index in [-0.39, 0.29) is 0 Å². The van der Waals surface area contributed by atoms with Gasteiger partial charge in [0.25, 0.3) is 0 Å². The minimum Gasteiger partial charge on any atom is -0.366 e. The van der Waals surface area contributed by atoms with Gasteiger partial charge in [0.05, 0.1) is 0 Å². The molecule has 1 heterocycles. The van der Waals surface area contributed by atoms with E-state index in [0.29, 0.717) is 5.15 Å². The quantitative estimate of drug-likeness (QED) is 0.750. The largest absolute Gasteiger partial charge is 0.366 e. The summed E-state index contributed by atoms with van der Waals surface area (Å²) in [5.74, 6) is -0.489. The SMILES string of the molecule is NC(=O)/C=C/c1c(Cl)[nH]c2ccccc12. The summed E-state index contributed by atoms with van der Waals surface area (Å²) in [6.07, 6.45) is 2.91. The lowest BCUT2D eigenvalue weighted by molar-refractivity contribution is -0.113. The van der Waals surface area contributed by atoms with E-state index in [1.165, 1.54) is 6.08 Å². The van der Waals surface area contributed by atoms with Crippen molar-refractivity contribution in [3.8, 4) is 0 Å². The third kappa shape index (κ3) is 1.87. The molecular formula is C11H9ClN2O. The number of primary amides is 1. The second-order valence-electron chi connectivity index (χ2n) is 3.13. The van der Waals surface area contributed by atoms with Crippen molar-refractivity contribution >= 4 is 34.5 Å². The fraction of sp³-hybridized carbons (Fsp3) is 0. The predicted molar refractivity (Wildman–Crippen MR) is 61.5 cm³/mol. The number of benzene rings is 1. The van der Waals surface area contributed by atoms with Gasteiger partial charge in [0.15, 0.2) is 0 Å². The monoisotopic (exact) mass is 220 g/mol. The molecule has 2 rings (SSSR count). The molecule has 0 aliphatic heterocycles. The number of nitrogens with one attached hydrogen (secondary N) is 1. The molecule has 0 spiro atoms. The first-order valence-corrected chi connectivity index (χ1v) is 4.80. The smallest absolute Gasteiger partial charge is 0.241 e. The first-order valence-electron chi connectivity index (χ1n) is 4.42. The Balaban J connectivity index is 2.59. The van der Waals surface area contributed by atoms with Gasteiger partial charge in [0.2, 0.25) is 5.91 Å². The van der Waals surface area contributed by atoms with Gasteiger partial charge in [0.1, 0.15) is 5.15 Å². The van der Waals surface area contributed by atoms with Crippen molar-refractivity contribution in [3.63, 3.8) is 0 Å². The Labute approximate surface area is 91.5 Å². The Kier molecular flexibility index (Phi) is 2.47. The van der Waals surface area contributed by atoms with Crippen LogP contribution in [-0.2, 0) is 4.79 Å². The topological polar surface area (TPSA) is 58.9 Å². The number of aromatic nitrogens is 1. The molecule has 0 atom stereocenters. The molecule has 0 radical (unpaired) electrons. The molecule has 0 saturated carbocycles. The van der Waals surface area contributed by atoms with Crippen LogP contribution in [0.15, 0.2) is 30.3 Å². The fourth-order valence-corrected chi connectivity index (χ4v) is 1.73. The van der Waals surface area contributed by atoms with E-state index in [0.717, 1.165) is 16.5 Å². The zero-order valence-electron chi connectivity index (χ0n) is 7.83. The van der Waals surface area contributed by atoms with E-state index < -0.39 is 5.91 Å². The van der Waals surface area contributed by atoms with E-state index in [1.54, 1.807) is 6.08 Å². The molecule has 3 nitrogen and oxygen atoms in total. The molecule has 2 aromatic rings. The molecule has 0 aliphatic carbocycles. The van der Waals surface area contributed by atoms with Crippen molar-refractivity contribution < 1.29 is 4.79 Å². The van der Waals surface area contributed by atoms with Crippen molar-refractivity contribution in [1.82, 2.24) is 4.98 Å². The molecular weight excluding hydrogens is 212 g/mol. The highest BCUT2D eigenvalue weighted by Gasteiger charge is 2.05. The highest BCUT2D eigenvalue weighted by molar-refractivity contribution is 6.32. The molecule has 0 bridgehead atoms. The average molecular weight is 221 g/mol. The minimum atomic E-state index is -0.489. The molecule has 1 aromatic heterocycles. The number of para-hydroxylation sites is 1. The van der Waals surface area contributed by atoms with Gasteiger partial charge >= 0.3 is 0 Å². The summed E-state index contributed by atoms with van der Waals surface area (Å²) in [7, 11) is 0. The molecule has 76 valence electrons. The van der Waals surface area contributed by atoms with Gasteiger partial charge in [-0.1, -0.05) is 29.8 Å². The van der Waals surface area contributed by atoms with Crippen molar-refractivity contribution in [2.24, 2.45) is 5.73 Å². The van der Waals surface area contributed by atoms with E-state index in [2.05, 4.69) is 4.98 Å². The van der Waals surface area contributed by atoms with Crippen LogP contribution >= 0.6 is 11.6 Å². The van der Waals surface area contributed by atoms with Gasteiger partial charge in [-0.3, -0.25) is 4.79 Å². The summed E-state index contributed by atoms with van der Waals surface area (Å²) in [6, 6.07) is 7.67. The number of fused-ring (bicyclic) bond motifs is 1. The average Bonchev–Trinajstić information content (AvgIpc) is 2.50. The van der Waals surface area contributed by atoms with E-state index in [4.69, 9.17) is 17.3 Å². The van der Waals surface area contributed by atoms with Crippen LogP contribution in [0.1, 0.15) is 5.56 Å². The van der Waals surface area contributed by atoms with Crippen molar-refractivity contribution in [2.75, 3.05) is 0 Å². The summed E-state index contributed by atoms with van der Waals surface area (Å²) in [5.41, 5.74) is 6.74. The highest BCUT2D eigenvalue weighted by Crippen LogP contribution is 2.26. The van der Waals surface area contributed by atoms with Crippen LogP contribution in [-0.4, -0.2) is 10.9 Å². The van der Waals surface area contributed by atoms with Gasteiger partial charge in [-0.05, 0) is 12.1 Å². The fourth-order valence-electron chi connectivity index (χ4n) is 1.46.